The first kappa shape index (κ1) is 14.6. The van der Waals surface area contributed by atoms with Gasteiger partial charge in [-0.1, -0.05) is 35.2 Å². The van der Waals surface area contributed by atoms with Crippen LogP contribution in [0.1, 0.15) is 0 Å². The quantitative estimate of drug-likeness (QED) is 0.796. The lowest BCUT2D eigenvalue weighted by Crippen LogP contribution is -2.19. The summed E-state index contributed by atoms with van der Waals surface area (Å²) in [5.74, 6) is 1.03. The number of nitrogens with zero attached hydrogens (tertiary/aromatic N) is 2. The Balaban J connectivity index is 2.00. The van der Waals surface area contributed by atoms with E-state index in [1.54, 1.807) is 14.2 Å². The molecule has 0 atom stereocenters. The standard InChI is InChI=1S/C12H14N4O2S2/c1-13-10(17)7-19-12-16-15-11(20-12)14-8-5-3-4-6-9(8)18-2/h3-6H,7H2,1-2H3,(H,13,17)(H,14,15). The van der Waals surface area contributed by atoms with Crippen molar-refractivity contribution in [1.82, 2.24) is 15.5 Å². The second-order valence-electron chi connectivity index (χ2n) is 3.66. The molecule has 6 nitrogen and oxygen atoms in total. The Hall–Kier alpha value is -1.80. The molecule has 0 saturated heterocycles. The molecule has 0 unspecified atom stereocenters. The van der Waals surface area contributed by atoms with Crippen LogP contribution in [0.15, 0.2) is 28.6 Å². The first-order chi connectivity index (χ1) is 9.72. The smallest absolute Gasteiger partial charge is 0.230 e. The summed E-state index contributed by atoms with van der Waals surface area (Å²) in [6, 6.07) is 7.57. The van der Waals surface area contributed by atoms with Crippen molar-refractivity contribution < 1.29 is 9.53 Å². The van der Waals surface area contributed by atoms with E-state index in [2.05, 4.69) is 20.8 Å². The van der Waals surface area contributed by atoms with Crippen molar-refractivity contribution in [2.24, 2.45) is 0 Å². The first-order valence-corrected chi connectivity index (χ1v) is 7.60. The third-order valence-corrected chi connectivity index (χ3v) is 4.33. The molecule has 1 heterocycles. The van der Waals surface area contributed by atoms with Crippen LogP contribution < -0.4 is 15.4 Å². The van der Waals surface area contributed by atoms with Gasteiger partial charge in [-0.3, -0.25) is 4.79 Å². The molecule has 0 spiro atoms. The van der Waals surface area contributed by atoms with E-state index in [1.165, 1.54) is 23.1 Å². The lowest BCUT2D eigenvalue weighted by molar-refractivity contribution is -0.118. The lowest BCUT2D eigenvalue weighted by atomic mass is 10.3. The van der Waals surface area contributed by atoms with Gasteiger partial charge < -0.3 is 15.4 Å². The second kappa shape index (κ2) is 7.11. The number of benzene rings is 1. The van der Waals surface area contributed by atoms with Crippen LogP contribution >= 0.6 is 23.1 Å². The highest BCUT2D eigenvalue weighted by Crippen LogP contribution is 2.31. The Morgan fingerprint density at radius 3 is 2.95 bits per heavy atom. The van der Waals surface area contributed by atoms with Crippen LogP contribution in [-0.2, 0) is 4.79 Å². The van der Waals surface area contributed by atoms with Crippen molar-refractivity contribution in [3.63, 3.8) is 0 Å². The largest absolute Gasteiger partial charge is 0.495 e. The lowest BCUT2D eigenvalue weighted by Gasteiger charge is -2.07. The summed E-state index contributed by atoms with van der Waals surface area (Å²) < 4.78 is 6.00. The molecule has 0 saturated carbocycles. The highest BCUT2D eigenvalue weighted by Gasteiger charge is 2.09. The van der Waals surface area contributed by atoms with E-state index < -0.39 is 0 Å². The molecule has 0 aliphatic rings. The van der Waals surface area contributed by atoms with Crippen molar-refractivity contribution in [2.75, 3.05) is 25.2 Å². The van der Waals surface area contributed by atoms with Gasteiger partial charge in [0.25, 0.3) is 0 Å². The maximum atomic E-state index is 11.2. The van der Waals surface area contributed by atoms with Gasteiger partial charge in [0.1, 0.15) is 5.75 Å². The summed E-state index contributed by atoms with van der Waals surface area (Å²) in [7, 11) is 3.23. The van der Waals surface area contributed by atoms with Crippen molar-refractivity contribution in [2.45, 2.75) is 4.34 Å². The Morgan fingerprint density at radius 1 is 1.40 bits per heavy atom. The third-order valence-electron chi connectivity index (χ3n) is 2.36. The summed E-state index contributed by atoms with van der Waals surface area (Å²) >= 11 is 2.75. The zero-order valence-corrected chi connectivity index (χ0v) is 12.7. The highest BCUT2D eigenvalue weighted by molar-refractivity contribution is 8.01. The molecule has 2 aromatic rings. The number of thioether (sulfide) groups is 1. The molecule has 1 amide bonds. The first-order valence-electron chi connectivity index (χ1n) is 5.80. The Kier molecular flexibility index (Phi) is 5.19. The number of para-hydroxylation sites is 2. The van der Waals surface area contributed by atoms with Gasteiger partial charge in [-0.2, -0.15) is 0 Å². The van der Waals surface area contributed by atoms with Crippen LogP contribution in [0, 0.1) is 0 Å². The monoisotopic (exact) mass is 310 g/mol. The number of hydrogen-bond acceptors (Lipinski definition) is 7. The van der Waals surface area contributed by atoms with Gasteiger partial charge >= 0.3 is 0 Å². The summed E-state index contributed by atoms with van der Waals surface area (Å²) in [6.45, 7) is 0. The molecule has 8 heteroatoms. The van der Waals surface area contributed by atoms with Crippen LogP contribution in [0.25, 0.3) is 0 Å². The van der Waals surface area contributed by atoms with Crippen molar-refractivity contribution >= 4 is 39.8 Å². The molecule has 1 aromatic heterocycles. The maximum absolute atomic E-state index is 11.2. The molecule has 0 aliphatic carbocycles. The number of aromatic nitrogens is 2. The minimum Gasteiger partial charge on any atom is -0.495 e. The summed E-state index contributed by atoms with van der Waals surface area (Å²) in [5.41, 5.74) is 0.828. The minimum atomic E-state index is -0.0376. The van der Waals surface area contributed by atoms with Crippen LogP contribution in [0.4, 0.5) is 10.8 Å². The van der Waals surface area contributed by atoms with Crippen molar-refractivity contribution in [3.05, 3.63) is 24.3 Å². The van der Waals surface area contributed by atoms with E-state index in [4.69, 9.17) is 4.74 Å². The molecule has 1 aromatic carbocycles. The maximum Gasteiger partial charge on any atom is 0.230 e. The average molecular weight is 310 g/mol. The molecule has 0 radical (unpaired) electrons. The SMILES string of the molecule is CNC(=O)CSc1nnc(Nc2ccccc2OC)s1. The zero-order chi connectivity index (χ0) is 14.4. The molecular formula is C12H14N4O2S2. The second-order valence-corrected chi connectivity index (χ2v) is 5.86. The number of methoxy groups -OCH3 is 1. The number of carbonyl (C=O) groups excluding carboxylic acids is 1. The average Bonchev–Trinajstić information content (AvgIpc) is 2.93. The van der Waals surface area contributed by atoms with Gasteiger partial charge in [0, 0.05) is 7.05 Å². The molecule has 0 aliphatic heterocycles. The van der Waals surface area contributed by atoms with Crippen LogP contribution in [0.2, 0.25) is 0 Å². The number of ether oxygens (including phenoxy) is 1. The fraction of sp³-hybridized carbons (Fsp3) is 0.250. The molecule has 20 heavy (non-hydrogen) atoms. The Morgan fingerprint density at radius 2 is 2.20 bits per heavy atom. The fourth-order valence-corrected chi connectivity index (χ4v) is 3.02. The highest BCUT2D eigenvalue weighted by atomic mass is 32.2. The zero-order valence-electron chi connectivity index (χ0n) is 11.0. The third kappa shape index (κ3) is 3.84. The number of anilines is 2. The fourth-order valence-electron chi connectivity index (χ4n) is 1.38. The Bertz CT molecular complexity index is 588. The van der Waals surface area contributed by atoms with Crippen LogP contribution in [0.5, 0.6) is 5.75 Å². The topological polar surface area (TPSA) is 76.1 Å². The normalized spacial score (nSPS) is 10.1. The summed E-state index contributed by atoms with van der Waals surface area (Å²) in [5, 5.41) is 14.4. The van der Waals surface area contributed by atoms with E-state index in [0.29, 0.717) is 10.9 Å². The molecule has 0 fully saturated rings. The predicted molar refractivity (Wildman–Crippen MR) is 81.0 cm³/mol. The van der Waals surface area contributed by atoms with Gasteiger partial charge in [0.05, 0.1) is 18.6 Å². The van der Waals surface area contributed by atoms with Gasteiger partial charge in [-0.15, -0.1) is 10.2 Å². The van der Waals surface area contributed by atoms with Gasteiger partial charge in [0.15, 0.2) is 4.34 Å². The van der Waals surface area contributed by atoms with E-state index >= 15 is 0 Å². The van der Waals surface area contributed by atoms with E-state index in [0.717, 1.165) is 15.8 Å². The molecule has 2 N–H and O–H groups in total. The van der Waals surface area contributed by atoms with Gasteiger partial charge in [-0.05, 0) is 12.1 Å². The van der Waals surface area contributed by atoms with E-state index in [-0.39, 0.29) is 5.91 Å². The number of amides is 1. The van der Waals surface area contributed by atoms with Crippen LogP contribution in [0.3, 0.4) is 0 Å². The molecule has 106 valence electrons. The van der Waals surface area contributed by atoms with Crippen molar-refractivity contribution in [1.29, 1.82) is 0 Å². The van der Waals surface area contributed by atoms with Gasteiger partial charge in [-0.25, -0.2) is 0 Å². The minimum absolute atomic E-state index is 0.0376. The number of hydrogen-bond donors (Lipinski definition) is 2. The summed E-state index contributed by atoms with van der Waals surface area (Å²) in [4.78, 5) is 11.2. The molecule has 2 rings (SSSR count). The molecular weight excluding hydrogens is 296 g/mol. The number of nitrogens with one attached hydrogen (secondary N) is 2. The van der Waals surface area contributed by atoms with E-state index in [9.17, 15) is 4.79 Å². The van der Waals surface area contributed by atoms with Crippen LogP contribution in [-0.4, -0.2) is 36.0 Å². The number of carbonyl (C=O) groups is 1. The summed E-state index contributed by atoms with van der Waals surface area (Å²) in [6.07, 6.45) is 0. The molecule has 0 bridgehead atoms. The predicted octanol–water partition coefficient (Wildman–Crippen LogP) is 2.13. The van der Waals surface area contributed by atoms with E-state index in [1.807, 2.05) is 24.3 Å². The Labute approximate surface area is 124 Å². The van der Waals surface area contributed by atoms with Crippen molar-refractivity contribution in [3.8, 4) is 5.75 Å². The number of rotatable bonds is 6. The van der Waals surface area contributed by atoms with Gasteiger partial charge in [0.2, 0.25) is 11.0 Å².